The minimum atomic E-state index is 0.608. The van der Waals surface area contributed by atoms with E-state index >= 15 is 0 Å². The van der Waals surface area contributed by atoms with E-state index in [1.165, 1.54) is 12.7 Å². The SMILES string of the molecule is c1ncnc(NN2CCNCC2)n1. The molecular weight excluding hydrogens is 168 g/mol. The van der Waals surface area contributed by atoms with E-state index in [2.05, 4.69) is 30.7 Å². The van der Waals surface area contributed by atoms with Crippen molar-refractivity contribution in [1.29, 1.82) is 0 Å². The van der Waals surface area contributed by atoms with Gasteiger partial charge in [-0.15, -0.1) is 0 Å². The number of anilines is 1. The zero-order valence-corrected chi connectivity index (χ0v) is 7.27. The molecule has 1 aromatic heterocycles. The van der Waals surface area contributed by atoms with Crippen molar-refractivity contribution in [3.8, 4) is 0 Å². The van der Waals surface area contributed by atoms with Crippen LogP contribution in [-0.2, 0) is 0 Å². The van der Waals surface area contributed by atoms with E-state index in [0.717, 1.165) is 26.2 Å². The van der Waals surface area contributed by atoms with E-state index in [0.29, 0.717) is 5.95 Å². The van der Waals surface area contributed by atoms with Gasteiger partial charge in [0.1, 0.15) is 12.7 Å². The van der Waals surface area contributed by atoms with E-state index in [4.69, 9.17) is 0 Å². The smallest absolute Gasteiger partial charge is 0.240 e. The summed E-state index contributed by atoms with van der Waals surface area (Å²) < 4.78 is 0. The van der Waals surface area contributed by atoms with Crippen molar-refractivity contribution in [2.24, 2.45) is 0 Å². The molecule has 2 rings (SSSR count). The summed E-state index contributed by atoms with van der Waals surface area (Å²) in [5, 5.41) is 5.35. The fraction of sp³-hybridized carbons (Fsp3) is 0.571. The second-order valence-electron chi connectivity index (χ2n) is 2.81. The minimum absolute atomic E-state index is 0.608. The van der Waals surface area contributed by atoms with Crippen molar-refractivity contribution in [1.82, 2.24) is 25.3 Å². The lowest BCUT2D eigenvalue weighted by molar-refractivity contribution is 0.284. The van der Waals surface area contributed by atoms with Crippen LogP contribution in [0.2, 0.25) is 0 Å². The maximum Gasteiger partial charge on any atom is 0.240 e. The van der Waals surface area contributed by atoms with Crippen LogP contribution in [0.15, 0.2) is 12.7 Å². The van der Waals surface area contributed by atoms with Crippen molar-refractivity contribution in [3.05, 3.63) is 12.7 Å². The van der Waals surface area contributed by atoms with Crippen LogP contribution in [0.1, 0.15) is 0 Å². The second kappa shape index (κ2) is 4.11. The molecule has 1 fully saturated rings. The summed E-state index contributed by atoms with van der Waals surface area (Å²) in [6.45, 7) is 3.92. The predicted molar refractivity (Wildman–Crippen MR) is 47.9 cm³/mol. The Morgan fingerprint density at radius 1 is 1.23 bits per heavy atom. The molecule has 1 aromatic rings. The molecule has 13 heavy (non-hydrogen) atoms. The highest BCUT2D eigenvalue weighted by atomic mass is 15.5. The third kappa shape index (κ3) is 2.33. The molecule has 0 saturated carbocycles. The van der Waals surface area contributed by atoms with E-state index < -0.39 is 0 Å². The molecule has 6 heteroatoms. The highest BCUT2D eigenvalue weighted by Crippen LogP contribution is 1.97. The largest absolute Gasteiger partial charge is 0.314 e. The van der Waals surface area contributed by atoms with E-state index in [1.54, 1.807) is 0 Å². The van der Waals surface area contributed by atoms with E-state index in [9.17, 15) is 0 Å². The lowest BCUT2D eigenvalue weighted by Crippen LogP contribution is -2.46. The Labute approximate surface area is 76.4 Å². The second-order valence-corrected chi connectivity index (χ2v) is 2.81. The normalized spacial score (nSPS) is 18.5. The quantitative estimate of drug-likeness (QED) is 0.615. The van der Waals surface area contributed by atoms with Gasteiger partial charge in [0.05, 0.1) is 0 Å². The Balaban J connectivity index is 1.90. The molecule has 0 unspecified atom stereocenters. The van der Waals surface area contributed by atoms with Crippen LogP contribution in [0.25, 0.3) is 0 Å². The average Bonchev–Trinajstić information content (AvgIpc) is 2.21. The monoisotopic (exact) mass is 180 g/mol. The van der Waals surface area contributed by atoms with Crippen LogP contribution in [0.4, 0.5) is 5.95 Å². The maximum absolute atomic E-state index is 3.98. The van der Waals surface area contributed by atoms with Crippen molar-refractivity contribution in [2.45, 2.75) is 0 Å². The first-order valence-electron chi connectivity index (χ1n) is 4.29. The number of hydrazine groups is 1. The Bertz CT molecular complexity index is 244. The third-order valence-corrected chi connectivity index (χ3v) is 1.87. The first-order valence-corrected chi connectivity index (χ1v) is 4.29. The topological polar surface area (TPSA) is 66.0 Å². The highest BCUT2D eigenvalue weighted by molar-refractivity contribution is 5.18. The molecule has 0 amide bonds. The van der Waals surface area contributed by atoms with Crippen molar-refractivity contribution < 1.29 is 0 Å². The molecule has 0 radical (unpaired) electrons. The first-order chi connectivity index (χ1) is 6.45. The zero-order valence-electron chi connectivity index (χ0n) is 7.27. The van der Waals surface area contributed by atoms with Gasteiger partial charge in [-0.3, -0.25) is 5.43 Å². The number of nitrogens with zero attached hydrogens (tertiary/aromatic N) is 4. The van der Waals surface area contributed by atoms with Crippen LogP contribution in [-0.4, -0.2) is 46.1 Å². The van der Waals surface area contributed by atoms with Crippen LogP contribution in [0.3, 0.4) is 0 Å². The summed E-state index contributed by atoms with van der Waals surface area (Å²) in [6, 6.07) is 0. The summed E-state index contributed by atoms with van der Waals surface area (Å²) in [7, 11) is 0. The number of nitrogens with one attached hydrogen (secondary N) is 2. The molecule has 1 saturated heterocycles. The first kappa shape index (κ1) is 8.33. The lowest BCUT2D eigenvalue weighted by atomic mass is 10.4. The highest BCUT2D eigenvalue weighted by Gasteiger charge is 2.09. The van der Waals surface area contributed by atoms with E-state index in [-0.39, 0.29) is 0 Å². The van der Waals surface area contributed by atoms with Gasteiger partial charge in [-0.1, -0.05) is 0 Å². The zero-order chi connectivity index (χ0) is 8.93. The fourth-order valence-corrected chi connectivity index (χ4v) is 1.21. The van der Waals surface area contributed by atoms with Crippen molar-refractivity contribution in [2.75, 3.05) is 31.6 Å². The molecule has 1 aliphatic heterocycles. The van der Waals surface area contributed by atoms with Gasteiger partial charge in [0.2, 0.25) is 5.95 Å². The van der Waals surface area contributed by atoms with Gasteiger partial charge in [-0.05, 0) is 0 Å². The maximum atomic E-state index is 3.98. The third-order valence-electron chi connectivity index (χ3n) is 1.87. The summed E-state index contributed by atoms with van der Waals surface area (Å²) in [5.41, 5.74) is 3.11. The molecule has 0 aliphatic carbocycles. The number of rotatable bonds is 2. The molecule has 1 aliphatic rings. The van der Waals surface area contributed by atoms with Gasteiger partial charge in [-0.2, -0.15) is 0 Å². The molecule has 0 bridgehead atoms. The molecular formula is C7H12N6. The lowest BCUT2D eigenvalue weighted by Gasteiger charge is -2.27. The van der Waals surface area contributed by atoms with E-state index in [1.807, 2.05) is 0 Å². The fourth-order valence-electron chi connectivity index (χ4n) is 1.21. The Morgan fingerprint density at radius 2 is 1.92 bits per heavy atom. The molecule has 0 aromatic carbocycles. The van der Waals surface area contributed by atoms with Crippen LogP contribution < -0.4 is 10.7 Å². The molecule has 2 N–H and O–H groups in total. The van der Waals surface area contributed by atoms with Gasteiger partial charge >= 0.3 is 0 Å². The van der Waals surface area contributed by atoms with Crippen LogP contribution >= 0.6 is 0 Å². The summed E-state index contributed by atoms with van der Waals surface area (Å²) in [5.74, 6) is 0.608. The minimum Gasteiger partial charge on any atom is -0.314 e. The predicted octanol–water partition coefficient (Wildman–Crippen LogP) is -0.896. The van der Waals surface area contributed by atoms with Crippen molar-refractivity contribution in [3.63, 3.8) is 0 Å². The number of piperazine rings is 1. The Morgan fingerprint density at radius 3 is 2.62 bits per heavy atom. The van der Waals surface area contributed by atoms with Gasteiger partial charge in [0.25, 0.3) is 0 Å². The molecule has 2 heterocycles. The van der Waals surface area contributed by atoms with Gasteiger partial charge in [-0.25, -0.2) is 20.0 Å². The molecule has 70 valence electrons. The van der Waals surface area contributed by atoms with Gasteiger partial charge in [0, 0.05) is 26.2 Å². The summed E-state index contributed by atoms with van der Waals surface area (Å²) in [6.07, 6.45) is 2.97. The number of hydrogen-bond donors (Lipinski definition) is 2. The van der Waals surface area contributed by atoms with Crippen LogP contribution in [0.5, 0.6) is 0 Å². The number of hydrogen-bond acceptors (Lipinski definition) is 6. The summed E-state index contributed by atoms with van der Waals surface area (Å²) >= 11 is 0. The Kier molecular flexibility index (Phi) is 2.63. The molecule has 6 nitrogen and oxygen atoms in total. The van der Waals surface area contributed by atoms with Crippen LogP contribution in [0, 0.1) is 0 Å². The summed E-state index contributed by atoms with van der Waals surface area (Å²) in [4.78, 5) is 11.7. The standard InChI is InChI=1S/C7H12N6/c1-3-13(4-2-8-1)12-7-10-5-9-6-11-7/h5-6,8H,1-4H2,(H,9,10,11,12). The van der Waals surface area contributed by atoms with Gasteiger partial charge in [0.15, 0.2) is 0 Å². The molecule has 0 atom stereocenters. The number of aromatic nitrogens is 3. The van der Waals surface area contributed by atoms with Crippen molar-refractivity contribution >= 4 is 5.95 Å². The Hall–Kier alpha value is -1.27. The average molecular weight is 180 g/mol. The molecule has 0 spiro atoms. The van der Waals surface area contributed by atoms with Gasteiger partial charge < -0.3 is 5.32 Å².